The van der Waals surface area contributed by atoms with Crippen molar-refractivity contribution in [2.45, 2.75) is 48.3 Å². The monoisotopic (exact) mass is 412 g/mol. The van der Waals surface area contributed by atoms with E-state index < -0.39 is 14.6 Å². The Bertz CT molecular complexity index is 1150. The van der Waals surface area contributed by atoms with Crippen LogP contribution < -0.4 is 5.56 Å². The van der Waals surface area contributed by atoms with Crippen LogP contribution in [0.1, 0.15) is 36.4 Å². The summed E-state index contributed by atoms with van der Waals surface area (Å²) in [6, 6.07) is 12.0. The number of likely N-dealkylation sites (tertiary alicyclic amines) is 1. The number of sulfone groups is 1. The van der Waals surface area contributed by atoms with Crippen LogP contribution in [0.5, 0.6) is 0 Å². The van der Waals surface area contributed by atoms with Gasteiger partial charge in [-0.1, -0.05) is 23.8 Å². The van der Waals surface area contributed by atoms with E-state index in [0.717, 1.165) is 17.7 Å². The van der Waals surface area contributed by atoms with Crippen molar-refractivity contribution in [1.29, 1.82) is 0 Å². The lowest BCUT2D eigenvalue weighted by Gasteiger charge is -2.43. The highest BCUT2D eigenvalue weighted by atomic mass is 32.2. The van der Waals surface area contributed by atoms with E-state index in [0.29, 0.717) is 32.5 Å². The molecular formula is C22H24N2O4S. The molecule has 0 N–H and O–H groups in total. The minimum atomic E-state index is -3.73. The van der Waals surface area contributed by atoms with Crippen LogP contribution >= 0.6 is 0 Å². The first-order valence-corrected chi connectivity index (χ1v) is 11.6. The van der Waals surface area contributed by atoms with Gasteiger partial charge in [0.15, 0.2) is 14.6 Å². The van der Waals surface area contributed by atoms with Crippen molar-refractivity contribution >= 4 is 15.7 Å². The standard InChI is InChI=1S/C22H24N2O4S/c1-15-5-7-18(8-6-15)29(27,28)22(9-10-22)21(26)23-12-16-11-17(14-23)19-3-2-4-20(25)24(19)13-16/h2-8,16-17H,9-14H2,1H3. The van der Waals surface area contributed by atoms with Crippen LogP contribution in [-0.4, -0.2) is 41.6 Å². The van der Waals surface area contributed by atoms with Crippen LogP contribution in [0.15, 0.2) is 52.2 Å². The number of aromatic nitrogens is 1. The van der Waals surface area contributed by atoms with E-state index >= 15 is 0 Å². The lowest BCUT2D eigenvalue weighted by Crippen LogP contribution is -2.53. The highest BCUT2D eigenvalue weighted by Crippen LogP contribution is 2.49. The van der Waals surface area contributed by atoms with Gasteiger partial charge in [-0.05, 0) is 50.3 Å². The maximum atomic E-state index is 13.5. The number of carbonyl (C=O) groups excluding carboxylic acids is 1. The Morgan fingerprint density at radius 2 is 1.76 bits per heavy atom. The number of pyridine rings is 1. The van der Waals surface area contributed by atoms with Gasteiger partial charge >= 0.3 is 0 Å². The van der Waals surface area contributed by atoms with Crippen molar-refractivity contribution in [1.82, 2.24) is 9.47 Å². The van der Waals surface area contributed by atoms with Crippen LogP contribution in [0.4, 0.5) is 0 Å². The summed E-state index contributed by atoms with van der Waals surface area (Å²) in [5.74, 6) is 0.000843. The van der Waals surface area contributed by atoms with Gasteiger partial charge < -0.3 is 9.47 Å². The number of rotatable bonds is 3. The minimum Gasteiger partial charge on any atom is -0.340 e. The van der Waals surface area contributed by atoms with Gasteiger partial charge in [-0.2, -0.15) is 0 Å². The molecule has 7 heteroatoms. The molecule has 1 saturated heterocycles. The zero-order valence-corrected chi connectivity index (χ0v) is 17.2. The summed E-state index contributed by atoms with van der Waals surface area (Å²) in [7, 11) is -3.73. The summed E-state index contributed by atoms with van der Waals surface area (Å²) in [6.07, 6.45) is 1.69. The molecule has 1 aliphatic carbocycles. The number of aryl methyl sites for hydroxylation is 1. The molecule has 1 aromatic carbocycles. The van der Waals surface area contributed by atoms with E-state index in [2.05, 4.69) is 0 Å². The van der Waals surface area contributed by atoms with Crippen LogP contribution in [0.3, 0.4) is 0 Å². The lowest BCUT2D eigenvalue weighted by atomic mass is 9.83. The quantitative estimate of drug-likeness (QED) is 0.774. The fourth-order valence-corrected chi connectivity index (χ4v) is 6.95. The summed E-state index contributed by atoms with van der Waals surface area (Å²) in [6.45, 7) is 3.49. The Kier molecular flexibility index (Phi) is 4.04. The summed E-state index contributed by atoms with van der Waals surface area (Å²) < 4.78 is 27.1. The summed E-state index contributed by atoms with van der Waals surface area (Å²) in [5.41, 5.74) is 1.94. The molecule has 2 bridgehead atoms. The molecule has 0 radical (unpaired) electrons. The fourth-order valence-electron chi connectivity index (χ4n) is 5.00. The SMILES string of the molecule is Cc1ccc(S(=O)(=O)C2(C(=O)N3CC4CC(C3)c3cccc(=O)n3C4)CC2)cc1. The molecule has 3 aliphatic rings. The molecule has 2 atom stereocenters. The number of fused-ring (bicyclic) bond motifs is 4. The first-order valence-electron chi connectivity index (χ1n) is 10.1. The summed E-state index contributed by atoms with van der Waals surface area (Å²) in [4.78, 5) is 27.6. The largest absolute Gasteiger partial charge is 0.340 e. The molecule has 2 unspecified atom stereocenters. The molecule has 6 nitrogen and oxygen atoms in total. The number of hydrogen-bond acceptors (Lipinski definition) is 4. The average molecular weight is 413 g/mol. The Hall–Kier alpha value is -2.41. The van der Waals surface area contributed by atoms with Crippen molar-refractivity contribution in [3.05, 3.63) is 64.1 Å². The number of carbonyl (C=O) groups is 1. The van der Waals surface area contributed by atoms with Gasteiger partial charge in [0.05, 0.1) is 4.90 Å². The van der Waals surface area contributed by atoms with Gasteiger partial charge in [0.25, 0.3) is 5.56 Å². The van der Waals surface area contributed by atoms with Crippen molar-refractivity contribution in [3.63, 3.8) is 0 Å². The van der Waals surface area contributed by atoms with Gasteiger partial charge in [0.1, 0.15) is 0 Å². The highest BCUT2D eigenvalue weighted by Gasteiger charge is 2.63. The molecule has 3 heterocycles. The average Bonchev–Trinajstić information content (AvgIpc) is 3.51. The normalized spacial score (nSPS) is 24.7. The number of amides is 1. The second kappa shape index (κ2) is 6.29. The molecule has 152 valence electrons. The predicted molar refractivity (Wildman–Crippen MR) is 108 cm³/mol. The molecule has 2 aliphatic heterocycles. The molecule has 2 aromatic rings. The third kappa shape index (κ3) is 2.78. The number of nitrogens with zero attached hydrogens (tertiary/aromatic N) is 2. The number of benzene rings is 1. The fraction of sp³-hybridized carbons (Fsp3) is 0.455. The van der Waals surface area contributed by atoms with Gasteiger partial charge in [0.2, 0.25) is 5.91 Å². The summed E-state index contributed by atoms with van der Waals surface area (Å²) >= 11 is 0. The zero-order valence-electron chi connectivity index (χ0n) is 16.4. The maximum Gasteiger partial charge on any atom is 0.250 e. The first-order chi connectivity index (χ1) is 13.8. The molecular weight excluding hydrogens is 388 g/mol. The van der Waals surface area contributed by atoms with E-state index in [1.54, 1.807) is 41.3 Å². The smallest absolute Gasteiger partial charge is 0.250 e. The molecule has 1 amide bonds. The lowest BCUT2D eigenvalue weighted by molar-refractivity contribution is -0.134. The second-order valence-corrected chi connectivity index (χ2v) is 11.0. The third-order valence-corrected chi connectivity index (χ3v) is 9.21. The molecule has 1 saturated carbocycles. The molecule has 29 heavy (non-hydrogen) atoms. The van der Waals surface area contributed by atoms with Crippen LogP contribution in [-0.2, 0) is 21.2 Å². The van der Waals surface area contributed by atoms with Crippen molar-refractivity contribution in [2.75, 3.05) is 13.1 Å². The van der Waals surface area contributed by atoms with Crippen LogP contribution in [0, 0.1) is 12.8 Å². The molecule has 1 aromatic heterocycles. The van der Waals surface area contributed by atoms with Crippen molar-refractivity contribution < 1.29 is 13.2 Å². The van der Waals surface area contributed by atoms with Gasteiger partial charge in [-0.25, -0.2) is 8.42 Å². The van der Waals surface area contributed by atoms with E-state index in [-0.39, 0.29) is 28.2 Å². The Morgan fingerprint density at radius 3 is 2.45 bits per heavy atom. The van der Waals surface area contributed by atoms with Crippen molar-refractivity contribution in [3.8, 4) is 0 Å². The third-order valence-electron chi connectivity index (χ3n) is 6.71. The van der Waals surface area contributed by atoms with E-state index in [9.17, 15) is 18.0 Å². The van der Waals surface area contributed by atoms with Gasteiger partial charge in [-0.15, -0.1) is 0 Å². The Labute approximate surface area is 170 Å². The maximum absolute atomic E-state index is 13.5. The van der Waals surface area contributed by atoms with Gasteiger partial charge in [-0.3, -0.25) is 9.59 Å². The van der Waals surface area contributed by atoms with Crippen molar-refractivity contribution in [2.24, 2.45) is 5.92 Å². The Morgan fingerprint density at radius 1 is 1.03 bits per heavy atom. The summed E-state index contributed by atoms with van der Waals surface area (Å²) in [5, 5.41) is 0. The Balaban J connectivity index is 1.45. The predicted octanol–water partition coefficient (Wildman–Crippen LogP) is 2.11. The number of piperidine rings is 1. The zero-order chi connectivity index (χ0) is 20.4. The topological polar surface area (TPSA) is 76.5 Å². The first kappa shape index (κ1) is 18.6. The van der Waals surface area contributed by atoms with E-state index in [4.69, 9.17) is 0 Å². The number of hydrogen-bond donors (Lipinski definition) is 0. The van der Waals surface area contributed by atoms with Gasteiger partial charge in [0, 0.05) is 37.3 Å². The highest BCUT2D eigenvalue weighted by molar-refractivity contribution is 7.94. The van der Waals surface area contributed by atoms with Crippen LogP contribution in [0.2, 0.25) is 0 Å². The minimum absolute atomic E-state index is 0.00223. The second-order valence-electron chi connectivity index (χ2n) is 8.72. The van der Waals surface area contributed by atoms with E-state index in [1.807, 2.05) is 17.6 Å². The molecule has 5 rings (SSSR count). The molecule has 0 spiro atoms. The molecule has 2 fully saturated rings. The van der Waals surface area contributed by atoms with E-state index in [1.165, 1.54) is 0 Å². The van der Waals surface area contributed by atoms with Crippen LogP contribution in [0.25, 0.3) is 0 Å².